The van der Waals surface area contributed by atoms with Crippen LogP contribution in [0.1, 0.15) is 80.8 Å². The number of benzene rings is 1. The molecule has 0 bridgehead atoms. The van der Waals surface area contributed by atoms with E-state index in [2.05, 4.69) is 5.32 Å². The topological polar surface area (TPSA) is 139 Å². The van der Waals surface area contributed by atoms with Crippen LogP contribution in [0.25, 0.3) is 0 Å². The predicted octanol–water partition coefficient (Wildman–Crippen LogP) is 3.46. The van der Waals surface area contributed by atoms with Crippen molar-refractivity contribution in [2.75, 3.05) is 13.1 Å². The second-order valence-corrected chi connectivity index (χ2v) is 9.22. The molecule has 1 atom stereocenters. The van der Waals surface area contributed by atoms with Crippen LogP contribution in [-0.2, 0) is 15.0 Å². The number of ketones is 3. The first-order valence-electron chi connectivity index (χ1n) is 11.8. The number of hydrogen-bond acceptors (Lipinski definition) is 8. The summed E-state index contributed by atoms with van der Waals surface area (Å²) >= 11 is 0. The fraction of sp³-hybridized carbons (Fsp3) is 0.500. The van der Waals surface area contributed by atoms with Crippen molar-refractivity contribution in [3.8, 4) is 17.2 Å². The van der Waals surface area contributed by atoms with E-state index < -0.39 is 28.5 Å². The lowest BCUT2D eigenvalue weighted by atomic mass is 9.70. The molecule has 1 unspecified atom stereocenters. The van der Waals surface area contributed by atoms with E-state index in [9.17, 15) is 24.6 Å². The highest BCUT2D eigenvalue weighted by Crippen LogP contribution is 2.57. The molecule has 8 heteroatoms. The number of hydrogen-bond donors (Lipinski definition) is 4. The molecule has 1 aliphatic heterocycles. The molecule has 0 saturated carbocycles. The summed E-state index contributed by atoms with van der Waals surface area (Å²) in [7, 11) is 0. The molecule has 0 spiro atoms. The first-order valence-corrected chi connectivity index (χ1v) is 11.8. The summed E-state index contributed by atoms with van der Waals surface area (Å²) in [5, 5.41) is 24.5. The molecule has 5 N–H and O–H groups in total. The van der Waals surface area contributed by atoms with Gasteiger partial charge in [0.15, 0.2) is 17.3 Å². The van der Waals surface area contributed by atoms with Crippen LogP contribution in [0.5, 0.6) is 17.2 Å². The number of allylic oxidation sites excluding steroid dienone is 4. The van der Waals surface area contributed by atoms with Gasteiger partial charge in [0.2, 0.25) is 0 Å². The smallest absolute Gasteiger partial charge is 0.194 e. The average Bonchev–Trinajstić information content (AvgIpc) is 3.07. The molecule has 0 radical (unpaired) electrons. The highest BCUT2D eigenvalue weighted by atomic mass is 16.5. The van der Waals surface area contributed by atoms with Gasteiger partial charge in [-0.25, -0.2) is 0 Å². The number of carbonyl (C=O) groups excluding carboxylic acids is 3. The number of ether oxygens (including phenoxy) is 1. The summed E-state index contributed by atoms with van der Waals surface area (Å²) in [6.07, 6.45) is 7.59. The molecule has 2 aliphatic rings. The Kier molecular flexibility index (Phi) is 7.51. The summed E-state index contributed by atoms with van der Waals surface area (Å²) in [6.45, 7) is 7.32. The van der Waals surface area contributed by atoms with Crippen molar-refractivity contribution in [3.63, 3.8) is 0 Å². The van der Waals surface area contributed by atoms with Crippen LogP contribution in [-0.4, -0.2) is 40.7 Å². The van der Waals surface area contributed by atoms with E-state index >= 15 is 0 Å². The maximum atomic E-state index is 13.7. The maximum absolute atomic E-state index is 13.7. The fourth-order valence-corrected chi connectivity index (χ4v) is 4.70. The van der Waals surface area contributed by atoms with Crippen LogP contribution in [0.2, 0.25) is 0 Å². The SMILES string of the molecule is CC(=O)c1c(O)c(C)c(O)c2c1OC1=CC(=O)C(=C(C)NCCCCCCCCN)C(=O)C12C. The minimum atomic E-state index is -1.49. The second kappa shape index (κ2) is 10.0. The molecular formula is C26H34N2O6. The highest BCUT2D eigenvalue weighted by molar-refractivity contribution is 6.31. The van der Waals surface area contributed by atoms with E-state index in [4.69, 9.17) is 10.5 Å². The van der Waals surface area contributed by atoms with Gasteiger partial charge in [-0.05, 0) is 47.1 Å². The first kappa shape index (κ1) is 25.5. The minimum Gasteiger partial charge on any atom is -0.507 e. The molecule has 0 saturated heterocycles. The number of Topliss-reactive ketones (excluding diaryl/α,β-unsaturated/α-hetero) is 2. The number of nitrogens with one attached hydrogen (secondary N) is 1. The van der Waals surface area contributed by atoms with Gasteiger partial charge < -0.3 is 26.0 Å². The van der Waals surface area contributed by atoms with Crippen LogP contribution in [0.3, 0.4) is 0 Å². The third-order valence-corrected chi connectivity index (χ3v) is 6.78. The molecule has 1 aliphatic carbocycles. The third kappa shape index (κ3) is 4.22. The Morgan fingerprint density at radius 1 is 1.06 bits per heavy atom. The van der Waals surface area contributed by atoms with Gasteiger partial charge in [-0.1, -0.05) is 25.7 Å². The molecule has 184 valence electrons. The summed E-state index contributed by atoms with van der Waals surface area (Å²) in [5.41, 5.74) is 4.54. The van der Waals surface area contributed by atoms with Gasteiger partial charge in [-0.3, -0.25) is 14.4 Å². The zero-order valence-electron chi connectivity index (χ0n) is 20.3. The van der Waals surface area contributed by atoms with Crippen molar-refractivity contribution in [1.29, 1.82) is 0 Å². The molecule has 0 fully saturated rings. The Labute approximate surface area is 199 Å². The van der Waals surface area contributed by atoms with Gasteiger partial charge in [-0.2, -0.15) is 0 Å². The number of carbonyl (C=O) groups is 3. The lowest BCUT2D eigenvalue weighted by Crippen LogP contribution is -2.41. The molecule has 3 rings (SSSR count). The Bertz CT molecular complexity index is 1100. The molecular weight excluding hydrogens is 436 g/mol. The van der Waals surface area contributed by atoms with Crippen molar-refractivity contribution < 1.29 is 29.3 Å². The molecule has 0 amide bonds. The predicted molar refractivity (Wildman–Crippen MR) is 128 cm³/mol. The van der Waals surface area contributed by atoms with Crippen molar-refractivity contribution >= 4 is 17.3 Å². The van der Waals surface area contributed by atoms with Crippen molar-refractivity contribution in [3.05, 3.63) is 39.8 Å². The van der Waals surface area contributed by atoms with E-state index in [-0.39, 0.29) is 39.5 Å². The van der Waals surface area contributed by atoms with Gasteiger partial charge in [0.25, 0.3) is 0 Å². The molecule has 34 heavy (non-hydrogen) atoms. The highest BCUT2D eigenvalue weighted by Gasteiger charge is 2.56. The zero-order valence-corrected chi connectivity index (χ0v) is 20.3. The van der Waals surface area contributed by atoms with Gasteiger partial charge >= 0.3 is 0 Å². The number of unbranched alkanes of at least 4 members (excludes halogenated alkanes) is 5. The Morgan fingerprint density at radius 2 is 1.68 bits per heavy atom. The number of fused-ring (bicyclic) bond motifs is 3. The molecule has 1 aromatic carbocycles. The summed E-state index contributed by atoms with van der Waals surface area (Å²) in [6, 6.07) is 0. The zero-order chi connectivity index (χ0) is 25.2. The van der Waals surface area contributed by atoms with E-state index in [1.165, 1.54) is 19.9 Å². The largest absolute Gasteiger partial charge is 0.507 e. The quantitative estimate of drug-likeness (QED) is 0.176. The van der Waals surface area contributed by atoms with Crippen LogP contribution < -0.4 is 15.8 Å². The van der Waals surface area contributed by atoms with Crippen molar-refractivity contribution in [2.45, 2.75) is 71.6 Å². The lowest BCUT2D eigenvalue weighted by molar-refractivity contribution is -0.123. The van der Waals surface area contributed by atoms with Crippen molar-refractivity contribution in [1.82, 2.24) is 5.32 Å². The number of nitrogens with two attached hydrogens (primary N) is 1. The average molecular weight is 471 g/mol. The van der Waals surface area contributed by atoms with Gasteiger partial charge in [-0.15, -0.1) is 0 Å². The fourth-order valence-electron chi connectivity index (χ4n) is 4.70. The second-order valence-electron chi connectivity index (χ2n) is 9.22. The van der Waals surface area contributed by atoms with Gasteiger partial charge in [0.05, 0.1) is 11.1 Å². The third-order valence-electron chi connectivity index (χ3n) is 6.78. The van der Waals surface area contributed by atoms with Crippen LogP contribution in [0, 0.1) is 6.92 Å². The monoisotopic (exact) mass is 470 g/mol. The Hall–Kier alpha value is -3.13. The van der Waals surface area contributed by atoms with Crippen molar-refractivity contribution in [2.24, 2.45) is 5.73 Å². The number of rotatable bonds is 10. The van der Waals surface area contributed by atoms with Crippen LogP contribution >= 0.6 is 0 Å². The van der Waals surface area contributed by atoms with E-state index in [0.717, 1.165) is 45.1 Å². The van der Waals surface area contributed by atoms with Gasteiger partial charge in [0.1, 0.15) is 34.0 Å². The van der Waals surface area contributed by atoms with E-state index in [0.29, 0.717) is 12.2 Å². The molecule has 1 heterocycles. The number of aromatic hydroxyl groups is 2. The summed E-state index contributed by atoms with van der Waals surface area (Å²) < 4.78 is 5.77. The van der Waals surface area contributed by atoms with E-state index in [1.807, 2.05) is 0 Å². The Balaban J connectivity index is 1.89. The minimum absolute atomic E-state index is 0.000138. The number of phenols is 2. The molecule has 8 nitrogen and oxygen atoms in total. The van der Waals surface area contributed by atoms with E-state index in [1.54, 1.807) is 13.8 Å². The maximum Gasteiger partial charge on any atom is 0.194 e. The van der Waals surface area contributed by atoms with Crippen LogP contribution in [0.4, 0.5) is 0 Å². The molecule has 0 aromatic heterocycles. The lowest BCUT2D eigenvalue weighted by Gasteiger charge is -2.29. The first-order chi connectivity index (χ1) is 16.1. The molecule has 1 aromatic rings. The number of phenolic OH excluding ortho intramolecular Hbond substituents is 2. The Morgan fingerprint density at radius 3 is 2.29 bits per heavy atom. The summed E-state index contributed by atoms with van der Waals surface area (Å²) in [4.78, 5) is 38.8. The normalized spacial score (nSPS) is 20.4. The van der Waals surface area contributed by atoms with Crippen LogP contribution in [0.15, 0.2) is 23.1 Å². The van der Waals surface area contributed by atoms with Gasteiger partial charge in [0, 0.05) is 23.9 Å². The summed E-state index contributed by atoms with van der Waals surface area (Å²) in [5.74, 6) is -2.26. The standard InChI is InChI=1S/C26H34N2O6/c1-14-22(31)20(16(3)29)24-21(23(14)32)26(4)18(34-24)13-17(30)19(25(26)33)15(2)28-12-10-8-6-5-7-9-11-27/h13,28,31-32H,5-12,27H2,1-4H3.